The van der Waals surface area contributed by atoms with Gasteiger partial charge in [0.25, 0.3) is 5.91 Å². The van der Waals surface area contributed by atoms with E-state index >= 15 is 0 Å². The predicted octanol–water partition coefficient (Wildman–Crippen LogP) is 4.06. The van der Waals surface area contributed by atoms with Crippen molar-refractivity contribution in [2.45, 2.75) is 15.4 Å². The summed E-state index contributed by atoms with van der Waals surface area (Å²) >= 11 is 6.97. The Kier molecular flexibility index (Phi) is 8.37. The van der Waals surface area contributed by atoms with Crippen LogP contribution in [-0.4, -0.2) is 49.6 Å². The van der Waals surface area contributed by atoms with Gasteiger partial charge in [-0.15, -0.1) is 11.8 Å². The van der Waals surface area contributed by atoms with E-state index in [1.54, 1.807) is 48.5 Å². The number of carbonyl (C=O) groups excluding carboxylic acids is 2. The number of carbonyl (C=O) groups is 2. The van der Waals surface area contributed by atoms with E-state index in [9.17, 15) is 23.1 Å². The highest BCUT2D eigenvalue weighted by molar-refractivity contribution is 7.99. The lowest BCUT2D eigenvalue weighted by Crippen LogP contribution is -2.48. The lowest BCUT2D eigenvalue weighted by Gasteiger charge is -2.24. The molecule has 0 aliphatic heterocycles. The third-order valence-electron chi connectivity index (χ3n) is 4.79. The summed E-state index contributed by atoms with van der Waals surface area (Å²) in [5.41, 5.74) is -1.49. The minimum absolute atomic E-state index is 0.107. The van der Waals surface area contributed by atoms with Crippen LogP contribution in [0.2, 0.25) is 5.02 Å². The first-order chi connectivity index (χ1) is 16.1. The number of esters is 1. The number of anilines is 1. The first-order valence-electron chi connectivity index (χ1n) is 10.0. The molecular formula is C24H22ClNO6S2. The fraction of sp³-hybridized carbons (Fsp3) is 0.167. The molecule has 0 saturated heterocycles. The number of ether oxygens (including phenoxy) is 1. The summed E-state index contributed by atoms with van der Waals surface area (Å²) < 4.78 is 30.7. The van der Waals surface area contributed by atoms with Crippen molar-refractivity contribution in [2.75, 3.05) is 23.9 Å². The molecule has 0 heterocycles. The second-order valence-electron chi connectivity index (χ2n) is 7.37. The van der Waals surface area contributed by atoms with Gasteiger partial charge in [0, 0.05) is 26.9 Å². The van der Waals surface area contributed by atoms with E-state index in [1.165, 1.54) is 24.3 Å². The molecule has 10 heteroatoms. The van der Waals surface area contributed by atoms with Gasteiger partial charge in [0.1, 0.15) is 0 Å². The molecule has 1 unspecified atom stereocenters. The second kappa shape index (κ2) is 11.1. The molecule has 0 bridgehead atoms. The van der Waals surface area contributed by atoms with E-state index < -0.39 is 27.2 Å². The van der Waals surface area contributed by atoms with Gasteiger partial charge in [0.15, 0.2) is 15.4 Å². The third kappa shape index (κ3) is 6.60. The highest BCUT2D eigenvalue weighted by Gasteiger charge is 2.42. The standard InChI is InChI=1S/C24H22ClNO6S2/c1-32-23(28)24(29,15-33-20-5-3-2-4-6-20)16-34(30,31)21-13-11-19(12-14-21)26-22(27)17-7-9-18(25)10-8-17/h2-14,29H,15-16H2,1H3,(H,26,27). The van der Waals surface area contributed by atoms with Crippen LogP contribution in [0.25, 0.3) is 0 Å². The summed E-state index contributed by atoms with van der Waals surface area (Å²) in [6, 6.07) is 20.7. The van der Waals surface area contributed by atoms with Gasteiger partial charge >= 0.3 is 5.97 Å². The zero-order valence-electron chi connectivity index (χ0n) is 18.1. The first kappa shape index (κ1) is 25.8. The molecule has 0 aliphatic rings. The Bertz CT molecular complexity index is 1250. The van der Waals surface area contributed by atoms with Crippen LogP contribution in [0, 0.1) is 0 Å². The fourth-order valence-electron chi connectivity index (χ4n) is 3.02. The van der Waals surface area contributed by atoms with Crippen LogP contribution in [0.1, 0.15) is 10.4 Å². The highest BCUT2D eigenvalue weighted by Crippen LogP contribution is 2.27. The van der Waals surface area contributed by atoms with E-state index in [0.29, 0.717) is 16.3 Å². The second-order valence-corrected chi connectivity index (χ2v) is 10.8. The van der Waals surface area contributed by atoms with Crippen LogP contribution in [0.4, 0.5) is 5.69 Å². The molecule has 0 aliphatic carbocycles. The number of amides is 1. The number of hydrogen-bond donors (Lipinski definition) is 2. The Morgan fingerprint density at radius 2 is 1.62 bits per heavy atom. The van der Waals surface area contributed by atoms with Crippen molar-refractivity contribution >= 4 is 50.8 Å². The lowest BCUT2D eigenvalue weighted by atomic mass is 10.1. The van der Waals surface area contributed by atoms with Crippen LogP contribution < -0.4 is 5.32 Å². The number of rotatable bonds is 9. The number of nitrogens with one attached hydrogen (secondary N) is 1. The van der Waals surface area contributed by atoms with Crippen molar-refractivity contribution < 1.29 is 27.9 Å². The molecule has 1 atom stereocenters. The van der Waals surface area contributed by atoms with Gasteiger partial charge in [-0.25, -0.2) is 13.2 Å². The van der Waals surface area contributed by atoms with Gasteiger partial charge in [0.05, 0.1) is 17.8 Å². The smallest absolute Gasteiger partial charge is 0.339 e. The molecular weight excluding hydrogens is 498 g/mol. The molecule has 0 fully saturated rings. The predicted molar refractivity (Wildman–Crippen MR) is 132 cm³/mol. The van der Waals surface area contributed by atoms with Crippen LogP contribution in [0.15, 0.2) is 88.7 Å². The minimum Gasteiger partial charge on any atom is -0.467 e. The number of methoxy groups -OCH3 is 1. The Morgan fingerprint density at radius 1 is 1.00 bits per heavy atom. The van der Waals surface area contributed by atoms with Crippen molar-refractivity contribution in [3.8, 4) is 0 Å². The average molecular weight is 520 g/mol. The third-order valence-corrected chi connectivity index (χ3v) is 8.12. The molecule has 34 heavy (non-hydrogen) atoms. The van der Waals surface area contributed by atoms with Crippen molar-refractivity contribution in [3.05, 3.63) is 89.4 Å². The van der Waals surface area contributed by atoms with Gasteiger partial charge in [0.2, 0.25) is 0 Å². The molecule has 178 valence electrons. The van der Waals surface area contributed by atoms with Crippen LogP contribution in [-0.2, 0) is 19.4 Å². The molecule has 0 radical (unpaired) electrons. The molecule has 0 aromatic heterocycles. The topological polar surface area (TPSA) is 110 Å². The lowest BCUT2D eigenvalue weighted by molar-refractivity contribution is -0.157. The van der Waals surface area contributed by atoms with Crippen molar-refractivity contribution in [2.24, 2.45) is 0 Å². The normalized spacial score (nSPS) is 13.0. The monoisotopic (exact) mass is 519 g/mol. The highest BCUT2D eigenvalue weighted by atomic mass is 35.5. The number of halogens is 1. The maximum atomic E-state index is 13.0. The van der Waals surface area contributed by atoms with Gasteiger partial charge in [-0.05, 0) is 60.7 Å². The van der Waals surface area contributed by atoms with E-state index in [2.05, 4.69) is 10.1 Å². The van der Waals surface area contributed by atoms with Crippen LogP contribution >= 0.6 is 23.4 Å². The molecule has 3 aromatic carbocycles. The van der Waals surface area contributed by atoms with Crippen molar-refractivity contribution in [1.82, 2.24) is 0 Å². The number of hydrogen-bond acceptors (Lipinski definition) is 7. The molecule has 2 N–H and O–H groups in total. The maximum absolute atomic E-state index is 13.0. The van der Waals surface area contributed by atoms with Gasteiger partial charge < -0.3 is 15.2 Å². The SMILES string of the molecule is COC(=O)C(O)(CSc1ccccc1)CS(=O)(=O)c1ccc(NC(=O)c2ccc(Cl)cc2)cc1. The summed E-state index contributed by atoms with van der Waals surface area (Å²) in [6.45, 7) is 0. The van der Waals surface area contributed by atoms with Crippen molar-refractivity contribution in [3.63, 3.8) is 0 Å². The van der Waals surface area contributed by atoms with Gasteiger partial charge in [-0.2, -0.15) is 0 Å². The Hall–Kier alpha value is -2.85. The molecule has 7 nitrogen and oxygen atoms in total. The number of benzene rings is 3. The molecule has 1 amide bonds. The van der Waals surface area contributed by atoms with Gasteiger partial charge in [-0.1, -0.05) is 29.8 Å². The summed E-state index contributed by atoms with van der Waals surface area (Å²) in [4.78, 5) is 25.3. The van der Waals surface area contributed by atoms with Gasteiger partial charge in [-0.3, -0.25) is 4.79 Å². The van der Waals surface area contributed by atoms with Crippen LogP contribution in [0.5, 0.6) is 0 Å². The summed E-state index contributed by atoms with van der Waals surface area (Å²) in [5.74, 6) is -2.49. The Labute approximate surface area is 207 Å². The quantitative estimate of drug-likeness (QED) is 0.324. The van der Waals surface area contributed by atoms with Crippen LogP contribution in [0.3, 0.4) is 0 Å². The zero-order valence-corrected chi connectivity index (χ0v) is 20.5. The van der Waals surface area contributed by atoms with E-state index in [4.69, 9.17) is 11.6 Å². The molecule has 0 spiro atoms. The number of sulfone groups is 1. The zero-order chi connectivity index (χ0) is 24.8. The molecule has 0 saturated carbocycles. The summed E-state index contributed by atoms with van der Waals surface area (Å²) in [5, 5.41) is 14.1. The molecule has 3 aromatic rings. The van der Waals surface area contributed by atoms with E-state index in [-0.39, 0.29) is 16.6 Å². The Balaban J connectivity index is 1.73. The minimum atomic E-state index is -4.07. The van der Waals surface area contributed by atoms with E-state index in [1.807, 2.05) is 6.07 Å². The van der Waals surface area contributed by atoms with Crippen molar-refractivity contribution in [1.29, 1.82) is 0 Å². The van der Waals surface area contributed by atoms with E-state index in [0.717, 1.165) is 23.8 Å². The molecule has 3 rings (SSSR count). The maximum Gasteiger partial charge on any atom is 0.339 e. The first-order valence-corrected chi connectivity index (χ1v) is 13.0. The largest absolute Gasteiger partial charge is 0.467 e. The number of aliphatic hydroxyl groups is 1. The summed E-state index contributed by atoms with van der Waals surface area (Å²) in [7, 11) is -2.98. The fourth-order valence-corrected chi connectivity index (χ4v) is 5.81. The average Bonchev–Trinajstić information content (AvgIpc) is 2.83. The summed E-state index contributed by atoms with van der Waals surface area (Å²) in [6.07, 6.45) is 0. The Morgan fingerprint density at radius 3 is 2.21 bits per heavy atom. The number of thioether (sulfide) groups is 1.